The molecule has 34 heavy (non-hydrogen) atoms. The Labute approximate surface area is 197 Å². The molecule has 0 unspecified atom stereocenters. The summed E-state index contributed by atoms with van der Waals surface area (Å²) < 4.78 is 35.1. The Morgan fingerprint density at radius 3 is 2.47 bits per heavy atom. The molecule has 2 N–H and O–H groups in total. The summed E-state index contributed by atoms with van der Waals surface area (Å²) in [5.41, 5.74) is 2.38. The van der Waals surface area contributed by atoms with Crippen LogP contribution in [0.5, 0.6) is 5.75 Å². The SMILES string of the molecule is CCOc1ccc(NS(=O)(=O)c2cccc(C(=O)NCc3ccc(-n4cncn4)cc3)c2)cc1. The second-order valence-electron chi connectivity index (χ2n) is 7.28. The van der Waals surface area contributed by atoms with E-state index in [1.165, 1.54) is 24.5 Å². The highest BCUT2D eigenvalue weighted by Gasteiger charge is 2.17. The highest BCUT2D eigenvalue weighted by Crippen LogP contribution is 2.20. The van der Waals surface area contributed by atoms with Gasteiger partial charge in [0.2, 0.25) is 0 Å². The van der Waals surface area contributed by atoms with Crippen molar-refractivity contribution in [3.63, 3.8) is 0 Å². The molecule has 0 aliphatic heterocycles. The fraction of sp³-hybridized carbons (Fsp3) is 0.125. The van der Waals surface area contributed by atoms with Gasteiger partial charge in [-0.15, -0.1) is 0 Å². The standard InChI is InChI=1S/C24H23N5O4S/c1-2-33-22-12-8-20(9-13-22)28-34(31,32)23-5-3-4-19(14-23)24(30)26-15-18-6-10-21(11-7-18)29-17-25-16-27-29/h3-14,16-17,28H,2,15H2,1H3,(H,26,30). The van der Waals surface area contributed by atoms with Gasteiger partial charge in [-0.2, -0.15) is 5.10 Å². The van der Waals surface area contributed by atoms with Crippen molar-refractivity contribution >= 4 is 21.6 Å². The molecule has 1 heterocycles. The summed E-state index contributed by atoms with van der Waals surface area (Å²) in [5, 5.41) is 6.88. The van der Waals surface area contributed by atoms with Crippen LogP contribution in [0.25, 0.3) is 5.69 Å². The van der Waals surface area contributed by atoms with E-state index in [4.69, 9.17) is 4.74 Å². The lowest BCUT2D eigenvalue weighted by Gasteiger charge is -2.11. The molecule has 0 bridgehead atoms. The minimum atomic E-state index is -3.87. The van der Waals surface area contributed by atoms with E-state index in [-0.39, 0.29) is 22.9 Å². The lowest BCUT2D eigenvalue weighted by atomic mass is 10.2. The summed E-state index contributed by atoms with van der Waals surface area (Å²) >= 11 is 0. The summed E-state index contributed by atoms with van der Waals surface area (Å²) in [7, 11) is -3.87. The Morgan fingerprint density at radius 1 is 1.03 bits per heavy atom. The maximum Gasteiger partial charge on any atom is 0.261 e. The van der Waals surface area contributed by atoms with Crippen molar-refractivity contribution < 1.29 is 17.9 Å². The van der Waals surface area contributed by atoms with Gasteiger partial charge in [0.1, 0.15) is 18.4 Å². The second kappa shape index (κ2) is 10.2. The van der Waals surface area contributed by atoms with Crippen LogP contribution in [0, 0.1) is 0 Å². The number of amides is 1. The zero-order valence-corrected chi connectivity index (χ0v) is 19.2. The van der Waals surface area contributed by atoms with Crippen molar-refractivity contribution in [2.75, 3.05) is 11.3 Å². The van der Waals surface area contributed by atoms with Gasteiger partial charge in [-0.3, -0.25) is 9.52 Å². The molecule has 9 nitrogen and oxygen atoms in total. The molecule has 0 fully saturated rings. The highest BCUT2D eigenvalue weighted by atomic mass is 32.2. The summed E-state index contributed by atoms with van der Waals surface area (Å²) in [4.78, 5) is 16.6. The van der Waals surface area contributed by atoms with Crippen LogP contribution in [0.3, 0.4) is 0 Å². The van der Waals surface area contributed by atoms with E-state index in [2.05, 4.69) is 20.1 Å². The van der Waals surface area contributed by atoms with Crippen molar-refractivity contribution in [1.29, 1.82) is 0 Å². The van der Waals surface area contributed by atoms with Gasteiger partial charge >= 0.3 is 0 Å². The predicted octanol–water partition coefficient (Wildman–Crippen LogP) is 3.40. The van der Waals surface area contributed by atoms with Gasteiger partial charge in [-0.25, -0.2) is 18.1 Å². The van der Waals surface area contributed by atoms with E-state index in [1.54, 1.807) is 41.3 Å². The van der Waals surface area contributed by atoms with E-state index in [9.17, 15) is 13.2 Å². The molecule has 3 aromatic carbocycles. The number of rotatable bonds is 9. The zero-order valence-electron chi connectivity index (χ0n) is 18.4. The average Bonchev–Trinajstić information content (AvgIpc) is 3.39. The zero-order chi connectivity index (χ0) is 24.0. The van der Waals surface area contributed by atoms with Gasteiger partial charge in [0.05, 0.1) is 17.2 Å². The predicted molar refractivity (Wildman–Crippen MR) is 127 cm³/mol. The lowest BCUT2D eigenvalue weighted by Crippen LogP contribution is -2.23. The first-order valence-corrected chi connectivity index (χ1v) is 12.0. The van der Waals surface area contributed by atoms with Gasteiger partial charge in [0.25, 0.3) is 15.9 Å². The minimum Gasteiger partial charge on any atom is -0.494 e. The third-order valence-electron chi connectivity index (χ3n) is 4.90. The van der Waals surface area contributed by atoms with Gasteiger partial charge in [-0.1, -0.05) is 18.2 Å². The minimum absolute atomic E-state index is 0.00813. The fourth-order valence-electron chi connectivity index (χ4n) is 3.20. The van der Waals surface area contributed by atoms with Crippen molar-refractivity contribution in [3.8, 4) is 11.4 Å². The van der Waals surface area contributed by atoms with E-state index in [0.717, 1.165) is 11.3 Å². The average molecular weight is 478 g/mol. The first-order chi connectivity index (χ1) is 16.4. The number of benzene rings is 3. The molecule has 10 heteroatoms. The molecule has 1 amide bonds. The maximum absolute atomic E-state index is 12.8. The molecule has 0 atom stereocenters. The molecule has 0 saturated carbocycles. The van der Waals surface area contributed by atoms with Gasteiger partial charge in [0.15, 0.2) is 0 Å². The molecule has 0 aliphatic carbocycles. The molecule has 174 valence electrons. The van der Waals surface area contributed by atoms with Crippen molar-refractivity contribution in [2.45, 2.75) is 18.4 Å². The molecular formula is C24H23N5O4S. The number of nitrogens with one attached hydrogen (secondary N) is 2. The second-order valence-corrected chi connectivity index (χ2v) is 8.96. The number of carbonyl (C=O) groups excluding carboxylic acids is 1. The van der Waals surface area contributed by atoms with Gasteiger partial charge in [-0.05, 0) is 67.1 Å². The van der Waals surface area contributed by atoms with Crippen LogP contribution < -0.4 is 14.8 Å². The first kappa shape index (κ1) is 23.0. The highest BCUT2D eigenvalue weighted by molar-refractivity contribution is 7.92. The summed E-state index contributed by atoms with van der Waals surface area (Å²) in [6.45, 7) is 2.68. The number of hydrogen-bond acceptors (Lipinski definition) is 6. The number of aromatic nitrogens is 3. The Bertz CT molecular complexity index is 1350. The molecule has 1 aromatic heterocycles. The third-order valence-corrected chi connectivity index (χ3v) is 6.28. The van der Waals surface area contributed by atoms with Crippen molar-refractivity contribution in [1.82, 2.24) is 20.1 Å². The first-order valence-electron chi connectivity index (χ1n) is 10.5. The van der Waals surface area contributed by atoms with E-state index < -0.39 is 10.0 Å². The Balaban J connectivity index is 1.40. The van der Waals surface area contributed by atoms with Crippen LogP contribution in [-0.4, -0.2) is 35.7 Å². The molecule has 0 radical (unpaired) electrons. The number of anilines is 1. The topological polar surface area (TPSA) is 115 Å². The molecule has 0 aliphatic rings. The smallest absolute Gasteiger partial charge is 0.261 e. The largest absolute Gasteiger partial charge is 0.494 e. The maximum atomic E-state index is 12.8. The van der Waals surface area contributed by atoms with E-state index in [1.807, 2.05) is 31.2 Å². The molecule has 0 saturated heterocycles. The molecule has 4 rings (SSSR count). The van der Waals surface area contributed by atoms with Crippen LogP contribution in [-0.2, 0) is 16.6 Å². The third kappa shape index (κ3) is 5.59. The number of carbonyl (C=O) groups is 1. The van der Waals surface area contributed by atoms with Gasteiger partial charge in [0, 0.05) is 17.8 Å². The number of hydrogen-bond donors (Lipinski definition) is 2. The molecular weight excluding hydrogens is 454 g/mol. The Morgan fingerprint density at radius 2 is 1.79 bits per heavy atom. The van der Waals surface area contributed by atoms with Crippen molar-refractivity contribution in [2.24, 2.45) is 0 Å². The number of ether oxygens (including phenoxy) is 1. The fourth-order valence-corrected chi connectivity index (χ4v) is 4.30. The Hall–Kier alpha value is -4.18. The van der Waals surface area contributed by atoms with Crippen LogP contribution >= 0.6 is 0 Å². The molecule has 4 aromatic rings. The number of sulfonamides is 1. The van der Waals surface area contributed by atoms with Crippen LogP contribution in [0.1, 0.15) is 22.8 Å². The molecule has 0 spiro atoms. The van der Waals surface area contributed by atoms with E-state index in [0.29, 0.717) is 18.0 Å². The normalized spacial score (nSPS) is 11.1. The summed E-state index contributed by atoms with van der Waals surface area (Å²) in [6, 6.07) is 20.0. The number of nitrogens with zero attached hydrogens (tertiary/aromatic N) is 3. The van der Waals surface area contributed by atoms with Gasteiger partial charge < -0.3 is 10.1 Å². The van der Waals surface area contributed by atoms with Crippen LogP contribution in [0.15, 0.2) is 90.3 Å². The summed E-state index contributed by atoms with van der Waals surface area (Å²) in [5.74, 6) is 0.274. The van der Waals surface area contributed by atoms with Crippen molar-refractivity contribution in [3.05, 3.63) is 96.6 Å². The van der Waals surface area contributed by atoms with E-state index >= 15 is 0 Å². The monoisotopic (exact) mass is 477 g/mol. The summed E-state index contributed by atoms with van der Waals surface area (Å²) in [6.07, 6.45) is 3.05. The van der Waals surface area contributed by atoms with Crippen LogP contribution in [0.2, 0.25) is 0 Å². The lowest BCUT2D eigenvalue weighted by molar-refractivity contribution is 0.0950. The quantitative estimate of drug-likeness (QED) is 0.382. The Kier molecular flexibility index (Phi) is 6.88. The van der Waals surface area contributed by atoms with Crippen LogP contribution in [0.4, 0.5) is 5.69 Å².